The first kappa shape index (κ1) is 20.2. The Kier molecular flexibility index (Phi) is 8.86. The Morgan fingerprint density at radius 3 is 2.61 bits per heavy atom. The van der Waals surface area contributed by atoms with Gasteiger partial charge in [-0.3, -0.25) is 9.89 Å². The van der Waals surface area contributed by atoms with Crippen LogP contribution in [-0.2, 0) is 0 Å². The lowest BCUT2D eigenvalue weighted by atomic mass is 10.1. The van der Waals surface area contributed by atoms with Crippen molar-refractivity contribution in [3.05, 3.63) is 35.9 Å². The van der Waals surface area contributed by atoms with Crippen LogP contribution in [0, 0.1) is 0 Å². The number of hydrogen-bond acceptors (Lipinski definition) is 3. The second-order valence-corrected chi connectivity index (χ2v) is 6.13. The zero-order valence-corrected chi connectivity index (χ0v) is 17.0. The standard InChI is InChI=1S/C17H29N5.HI/c1-14(15-8-6-5-7-9-15)20-17(18-2)19-12-16-13-21(3)10-11-22(16)4;/h5-9,14,16H,10-13H2,1-4H3,(H2,18,19,20);1H. The molecule has 1 aromatic rings. The van der Waals surface area contributed by atoms with Gasteiger partial charge in [0.05, 0.1) is 6.04 Å². The fourth-order valence-corrected chi connectivity index (χ4v) is 2.76. The van der Waals surface area contributed by atoms with Gasteiger partial charge in [-0.05, 0) is 26.6 Å². The number of aliphatic imine (C=N–C) groups is 1. The Hall–Kier alpha value is -0.860. The predicted octanol–water partition coefficient (Wildman–Crippen LogP) is 1.78. The van der Waals surface area contributed by atoms with Gasteiger partial charge in [0.2, 0.25) is 0 Å². The average Bonchev–Trinajstić information content (AvgIpc) is 2.55. The van der Waals surface area contributed by atoms with Crippen LogP contribution in [0.5, 0.6) is 0 Å². The van der Waals surface area contributed by atoms with Gasteiger partial charge in [-0.25, -0.2) is 0 Å². The normalized spacial score (nSPS) is 21.4. The highest BCUT2D eigenvalue weighted by atomic mass is 127. The van der Waals surface area contributed by atoms with Gasteiger partial charge in [-0.2, -0.15) is 0 Å². The first-order valence-electron chi connectivity index (χ1n) is 8.01. The molecule has 2 N–H and O–H groups in total. The van der Waals surface area contributed by atoms with E-state index in [1.807, 2.05) is 13.1 Å². The fraction of sp³-hybridized carbons (Fsp3) is 0.588. The minimum Gasteiger partial charge on any atom is -0.355 e. The summed E-state index contributed by atoms with van der Waals surface area (Å²) in [6.07, 6.45) is 0. The fourth-order valence-electron chi connectivity index (χ4n) is 2.76. The molecule has 1 aliphatic heterocycles. The van der Waals surface area contributed by atoms with Crippen molar-refractivity contribution in [3.8, 4) is 0 Å². The maximum absolute atomic E-state index is 4.34. The third-order valence-corrected chi connectivity index (χ3v) is 4.36. The molecule has 2 unspecified atom stereocenters. The van der Waals surface area contributed by atoms with Gasteiger partial charge in [-0.1, -0.05) is 30.3 Å². The summed E-state index contributed by atoms with van der Waals surface area (Å²) < 4.78 is 0. The average molecular weight is 431 g/mol. The summed E-state index contributed by atoms with van der Waals surface area (Å²) in [4.78, 5) is 9.15. The summed E-state index contributed by atoms with van der Waals surface area (Å²) in [7, 11) is 6.20. The Balaban J connectivity index is 0.00000264. The van der Waals surface area contributed by atoms with Crippen LogP contribution in [0.3, 0.4) is 0 Å². The van der Waals surface area contributed by atoms with Crippen LogP contribution < -0.4 is 10.6 Å². The van der Waals surface area contributed by atoms with E-state index in [0.29, 0.717) is 6.04 Å². The molecular formula is C17H30IN5. The summed E-state index contributed by atoms with van der Waals surface area (Å²) in [5, 5.41) is 6.92. The van der Waals surface area contributed by atoms with Crippen LogP contribution >= 0.6 is 24.0 Å². The summed E-state index contributed by atoms with van der Waals surface area (Å²) in [5.74, 6) is 0.859. The van der Waals surface area contributed by atoms with E-state index in [0.717, 1.165) is 32.1 Å². The number of nitrogens with one attached hydrogen (secondary N) is 2. The Labute approximate surface area is 157 Å². The monoisotopic (exact) mass is 431 g/mol. The number of piperazine rings is 1. The minimum absolute atomic E-state index is 0. The van der Waals surface area contributed by atoms with E-state index in [9.17, 15) is 0 Å². The molecule has 0 spiro atoms. The smallest absolute Gasteiger partial charge is 0.191 e. The molecule has 2 rings (SSSR count). The largest absolute Gasteiger partial charge is 0.355 e. The Bertz CT molecular complexity index is 479. The highest BCUT2D eigenvalue weighted by molar-refractivity contribution is 14.0. The number of rotatable bonds is 4. The molecule has 2 atom stereocenters. The summed E-state index contributed by atoms with van der Waals surface area (Å²) in [6.45, 7) is 6.42. The zero-order chi connectivity index (χ0) is 15.9. The van der Waals surface area contributed by atoms with E-state index >= 15 is 0 Å². The van der Waals surface area contributed by atoms with Crippen molar-refractivity contribution in [1.29, 1.82) is 0 Å². The molecule has 0 bridgehead atoms. The molecule has 6 heteroatoms. The van der Waals surface area contributed by atoms with Gasteiger partial charge >= 0.3 is 0 Å². The van der Waals surface area contributed by atoms with Crippen molar-refractivity contribution in [3.63, 3.8) is 0 Å². The number of nitrogens with zero attached hydrogens (tertiary/aromatic N) is 3. The molecule has 0 aromatic heterocycles. The van der Waals surface area contributed by atoms with Gasteiger partial charge in [0.15, 0.2) is 5.96 Å². The minimum atomic E-state index is 0. The van der Waals surface area contributed by atoms with Crippen molar-refractivity contribution in [2.45, 2.75) is 19.0 Å². The first-order valence-corrected chi connectivity index (χ1v) is 8.01. The van der Waals surface area contributed by atoms with Crippen LogP contribution in [0.25, 0.3) is 0 Å². The van der Waals surface area contributed by atoms with Gasteiger partial charge in [0.1, 0.15) is 0 Å². The van der Waals surface area contributed by atoms with Crippen molar-refractivity contribution in [1.82, 2.24) is 20.4 Å². The zero-order valence-electron chi connectivity index (χ0n) is 14.6. The molecule has 1 aliphatic rings. The highest BCUT2D eigenvalue weighted by Gasteiger charge is 2.22. The van der Waals surface area contributed by atoms with Gasteiger partial charge in [0, 0.05) is 39.3 Å². The Morgan fingerprint density at radius 2 is 1.96 bits per heavy atom. The third-order valence-electron chi connectivity index (χ3n) is 4.36. The topological polar surface area (TPSA) is 42.9 Å². The van der Waals surface area contributed by atoms with Crippen LogP contribution in [0.4, 0.5) is 0 Å². The molecule has 1 saturated heterocycles. The number of guanidine groups is 1. The lowest BCUT2D eigenvalue weighted by Gasteiger charge is -2.38. The molecular weight excluding hydrogens is 401 g/mol. The molecule has 23 heavy (non-hydrogen) atoms. The van der Waals surface area contributed by atoms with E-state index in [1.165, 1.54) is 5.56 Å². The van der Waals surface area contributed by atoms with Crippen molar-refractivity contribution >= 4 is 29.9 Å². The predicted molar refractivity (Wildman–Crippen MR) is 109 cm³/mol. The SMILES string of the molecule is CN=C(NCC1CN(C)CCN1C)NC(C)c1ccccc1.I. The van der Waals surface area contributed by atoms with E-state index in [1.54, 1.807) is 0 Å². The summed E-state index contributed by atoms with van der Waals surface area (Å²) in [6, 6.07) is 11.2. The Morgan fingerprint density at radius 1 is 1.26 bits per heavy atom. The number of likely N-dealkylation sites (N-methyl/N-ethyl adjacent to an activating group) is 2. The molecule has 1 aromatic carbocycles. The lowest BCUT2D eigenvalue weighted by Crippen LogP contribution is -2.55. The van der Waals surface area contributed by atoms with Gasteiger partial charge in [-0.15, -0.1) is 24.0 Å². The molecule has 0 aliphatic carbocycles. The highest BCUT2D eigenvalue weighted by Crippen LogP contribution is 2.10. The molecule has 0 amide bonds. The quantitative estimate of drug-likeness (QED) is 0.434. The van der Waals surface area contributed by atoms with Gasteiger partial charge in [0.25, 0.3) is 0 Å². The van der Waals surface area contributed by atoms with Crippen molar-refractivity contribution in [2.75, 3.05) is 47.3 Å². The van der Waals surface area contributed by atoms with Crippen LogP contribution in [0.1, 0.15) is 18.5 Å². The number of hydrogen-bond donors (Lipinski definition) is 2. The number of halogens is 1. The van der Waals surface area contributed by atoms with E-state index < -0.39 is 0 Å². The van der Waals surface area contributed by atoms with E-state index in [-0.39, 0.29) is 30.0 Å². The second-order valence-electron chi connectivity index (χ2n) is 6.13. The lowest BCUT2D eigenvalue weighted by molar-refractivity contribution is 0.116. The molecule has 1 fully saturated rings. The maximum Gasteiger partial charge on any atom is 0.191 e. The van der Waals surface area contributed by atoms with E-state index in [2.05, 4.69) is 70.7 Å². The second kappa shape index (κ2) is 10.1. The molecule has 0 radical (unpaired) electrons. The molecule has 5 nitrogen and oxygen atoms in total. The third kappa shape index (κ3) is 6.27. The van der Waals surface area contributed by atoms with Crippen LogP contribution in [-0.4, -0.2) is 69.1 Å². The van der Waals surface area contributed by atoms with E-state index in [4.69, 9.17) is 0 Å². The number of benzene rings is 1. The molecule has 1 heterocycles. The van der Waals surface area contributed by atoms with Gasteiger partial charge < -0.3 is 15.5 Å². The summed E-state index contributed by atoms with van der Waals surface area (Å²) in [5.41, 5.74) is 1.26. The maximum atomic E-state index is 4.34. The molecule has 0 saturated carbocycles. The molecule has 130 valence electrons. The summed E-state index contributed by atoms with van der Waals surface area (Å²) >= 11 is 0. The van der Waals surface area contributed by atoms with Crippen molar-refractivity contribution < 1.29 is 0 Å². The van der Waals surface area contributed by atoms with Crippen LogP contribution in [0.2, 0.25) is 0 Å². The van der Waals surface area contributed by atoms with Crippen LogP contribution in [0.15, 0.2) is 35.3 Å². The van der Waals surface area contributed by atoms with Crippen molar-refractivity contribution in [2.24, 2.45) is 4.99 Å². The first-order chi connectivity index (χ1) is 10.6.